The van der Waals surface area contributed by atoms with Crippen molar-refractivity contribution in [3.8, 4) is 22.9 Å². The molecular weight excluding hydrogens is 416 g/mol. The zero-order valence-corrected chi connectivity index (χ0v) is 17.8. The minimum Gasteiger partial charge on any atom is -0.497 e. The Hall–Kier alpha value is -3.45. The third-order valence-corrected chi connectivity index (χ3v) is 5.82. The normalized spacial score (nSPS) is 15.7. The van der Waals surface area contributed by atoms with Crippen molar-refractivity contribution < 1.29 is 14.3 Å². The molecule has 2 aromatic heterocycles. The highest BCUT2D eigenvalue weighted by molar-refractivity contribution is 6.30. The predicted molar refractivity (Wildman–Crippen MR) is 116 cm³/mol. The number of methoxy groups -OCH3 is 2. The lowest BCUT2D eigenvalue weighted by Crippen LogP contribution is -2.21. The number of ether oxygens (including phenoxy) is 2. The monoisotopic (exact) mass is 434 g/mol. The van der Waals surface area contributed by atoms with E-state index in [1.165, 1.54) is 0 Å². The van der Waals surface area contributed by atoms with Crippen molar-refractivity contribution in [3.63, 3.8) is 0 Å². The fraction of sp³-hybridized carbons (Fsp3) is 0.217. The summed E-state index contributed by atoms with van der Waals surface area (Å²) in [5.41, 5.74) is 3.11. The third kappa shape index (κ3) is 3.51. The van der Waals surface area contributed by atoms with E-state index in [9.17, 15) is 4.79 Å². The van der Waals surface area contributed by atoms with Crippen LogP contribution < -0.4 is 9.47 Å². The van der Waals surface area contributed by atoms with Crippen LogP contribution in [0.3, 0.4) is 0 Å². The highest BCUT2D eigenvalue weighted by Gasteiger charge is 2.30. The van der Waals surface area contributed by atoms with E-state index in [-0.39, 0.29) is 11.7 Å². The Morgan fingerprint density at radius 1 is 1.03 bits per heavy atom. The lowest BCUT2D eigenvalue weighted by Gasteiger charge is -2.24. The molecule has 2 heterocycles. The number of hydrogen-bond donors (Lipinski definition) is 0. The Bertz CT molecular complexity index is 1300. The van der Waals surface area contributed by atoms with Crippen LogP contribution in [0.4, 0.5) is 0 Å². The van der Waals surface area contributed by atoms with Crippen molar-refractivity contribution in [2.75, 3.05) is 14.2 Å². The number of Topliss-reactive ketones (excluding diaryl/α,β-unsaturated/α-hetero) is 1. The Labute approximate surface area is 183 Å². The van der Waals surface area contributed by atoms with Gasteiger partial charge < -0.3 is 9.47 Å². The molecule has 31 heavy (non-hydrogen) atoms. The van der Waals surface area contributed by atoms with E-state index in [1.54, 1.807) is 37.1 Å². The molecule has 0 saturated carbocycles. The van der Waals surface area contributed by atoms with Crippen molar-refractivity contribution in [2.45, 2.75) is 18.8 Å². The first-order valence-corrected chi connectivity index (χ1v) is 10.2. The SMILES string of the molecule is COc1ccc(C2CC(=O)c3cn4nc(-c5ccc(Cl)cc5)nc4nc3C2)c(OC)c1. The van der Waals surface area contributed by atoms with Gasteiger partial charge in [0.25, 0.3) is 5.78 Å². The first-order chi connectivity index (χ1) is 15.1. The minimum atomic E-state index is -0.0329. The average Bonchev–Trinajstić information content (AvgIpc) is 3.20. The molecule has 0 bridgehead atoms. The molecule has 7 nitrogen and oxygen atoms in total. The Morgan fingerprint density at radius 3 is 2.58 bits per heavy atom. The first-order valence-electron chi connectivity index (χ1n) is 9.83. The lowest BCUT2D eigenvalue weighted by molar-refractivity contribution is 0.0962. The Kier molecular flexibility index (Phi) is 4.82. The number of ketones is 1. The van der Waals surface area contributed by atoms with E-state index < -0.39 is 0 Å². The number of benzene rings is 2. The van der Waals surface area contributed by atoms with Gasteiger partial charge in [0.15, 0.2) is 11.6 Å². The first kappa shape index (κ1) is 19.5. The van der Waals surface area contributed by atoms with Gasteiger partial charge in [-0.1, -0.05) is 17.7 Å². The van der Waals surface area contributed by atoms with Crippen LogP contribution in [0, 0.1) is 0 Å². The van der Waals surface area contributed by atoms with Crippen LogP contribution in [0.15, 0.2) is 48.7 Å². The largest absolute Gasteiger partial charge is 0.497 e. The molecule has 0 fully saturated rings. The van der Waals surface area contributed by atoms with Gasteiger partial charge in [0.2, 0.25) is 0 Å². The van der Waals surface area contributed by atoms with E-state index >= 15 is 0 Å². The van der Waals surface area contributed by atoms with E-state index in [1.807, 2.05) is 30.3 Å². The van der Waals surface area contributed by atoms with Gasteiger partial charge in [0, 0.05) is 35.2 Å². The number of carbonyl (C=O) groups is 1. The van der Waals surface area contributed by atoms with Crippen LogP contribution in [0.5, 0.6) is 11.5 Å². The molecule has 0 aliphatic heterocycles. The van der Waals surface area contributed by atoms with Crippen molar-refractivity contribution in [2.24, 2.45) is 0 Å². The smallest absolute Gasteiger partial charge is 0.252 e. The number of fused-ring (bicyclic) bond motifs is 2. The molecule has 0 saturated heterocycles. The number of carbonyl (C=O) groups excluding carboxylic acids is 1. The van der Waals surface area contributed by atoms with Gasteiger partial charge in [-0.15, -0.1) is 5.10 Å². The molecule has 2 aromatic carbocycles. The van der Waals surface area contributed by atoms with Crippen molar-refractivity contribution in [1.82, 2.24) is 19.6 Å². The van der Waals surface area contributed by atoms with Gasteiger partial charge in [0.05, 0.1) is 25.5 Å². The third-order valence-electron chi connectivity index (χ3n) is 5.57. The van der Waals surface area contributed by atoms with Gasteiger partial charge in [0.1, 0.15) is 11.5 Å². The summed E-state index contributed by atoms with van der Waals surface area (Å²) in [6.45, 7) is 0. The Balaban J connectivity index is 1.52. The quantitative estimate of drug-likeness (QED) is 0.474. The van der Waals surface area contributed by atoms with Crippen molar-refractivity contribution in [3.05, 3.63) is 70.5 Å². The zero-order chi connectivity index (χ0) is 21.5. The number of aromatic nitrogens is 4. The van der Waals surface area contributed by atoms with E-state index in [0.717, 1.165) is 16.8 Å². The second kappa shape index (κ2) is 7.67. The summed E-state index contributed by atoms with van der Waals surface area (Å²) >= 11 is 5.97. The van der Waals surface area contributed by atoms with Gasteiger partial charge in [-0.3, -0.25) is 4.79 Å². The van der Waals surface area contributed by atoms with Crippen molar-refractivity contribution >= 4 is 23.2 Å². The molecule has 1 atom stereocenters. The standard InChI is InChI=1S/C23H19ClN4O3/c1-30-16-7-8-17(21(11-16)31-2)14-9-19-18(20(29)10-14)12-28-23(25-19)26-22(27-28)13-3-5-15(24)6-4-13/h3-8,11-12,14H,9-10H2,1-2H3. The second-order valence-electron chi connectivity index (χ2n) is 7.42. The summed E-state index contributed by atoms with van der Waals surface area (Å²) in [7, 11) is 3.23. The highest BCUT2D eigenvalue weighted by Crippen LogP contribution is 2.38. The van der Waals surface area contributed by atoms with Gasteiger partial charge >= 0.3 is 0 Å². The molecule has 0 radical (unpaired) electrons. The molecule has 0 spiro atoms. The van der Waals surface area contributed by atoms with Crippen LogP contribution in [0.2, 0.25) is 5.02 Å². The van der Waals surface area contributed by atoms with Crippen LogP contribution in [0.25, 0.3) is 17.2 Å². The van der Waals surface area contributed by atoms with Crippen LogP contribution >= 0.6 is 11.6 Å². The number of rotatable bonds is 4. The predicted octanol–water partition coefficient (Wildman–Crippen LogP) is 4.37. The zero-order valence-electron chi connectivity index (χ0n) is 17.0. The maximum atomic E-state index is 13.0. The van der Waals surface area contributed by atoms with E-state index in [0.29, 0.717) is 46.5 Å². The molecular formula is C23H19ClN4O3. The van der Waals surface area contributed by atoms with Gasteiger partial charge in [-0.25, -0.2) is 9.50 Å². The van der Waals surface area contributed by atoms with E-state index in [4.69, 9.17) is 21.1 Å². The van der Waals surface area contributed by atoms with E-state index in [2.05, 4.69) is 15.1 Å². The maximum Gasteiger partial charge on any atom is 0.252 e. The maximum absolute atomic E-state index is 13.0. The van der Waals surface area contributed by atoms with Crippen LogP contribution in [0.1, 0.15) is 34.0 Å². The lowest BCUT2D eigenvalue weighted by atomic mass is 9.82. The summed E-state index contributed by atoms with van der Waals surface area (Å²) in [6, 6.07) is 13.0. The summed E-state index contributed by atoms with van der Waals surface area (Å²) in [5.74, 6) is 2.40. The summed E-state index contributed by atoms with van der Waals surface area (Å²) in [6.07, 6.45) is 2.72. The van der Waals surface area contributed by atoms with Crippen molar-refractivity contribution in [1.29, 1.82) is 0 Å². The van der Waals surface area contributed by atoms with Crippen LogP contribution in [-0.4, -0.2) is 39.6 Å². The molecule has 5 rings (SSSR count). The molecule has 1 aliphatic rings. The van der Waals surface area contributed by atoms with Gasteiger partial charge in [-0.05, 0) is 42.3 Å². The molecule has 0 N–H and O–H groups in total. The summed E-state index contributed by atoms with van der Waals surface area (Å²) < 4.78 is 12.4. The fourth-order valence-electron chi connectivity index (χ4n) is 3.98. The number of halogens is 1. The highest BCUT2D eigenvalue weighted by atomic mass is 35.5. The average molecular weight is 435 g/mol. The second-order valence-corrected chi connectivity index (χ2v) is 7.86. The molecule has 0 amide bonds. The molecule has 4 aromatic rings. The molecule has 156 valence electrons. The van der Waals surface area contributed by atoms with Gasteiger partial charge in [-0.2, -0.15) is 4.98 Å². The summed E-state index contributed by atoms with van der Waals surface area (Å²) in [5, 5.41) is 5.14. The Morgan fingerprint density at radius 2 is 1.84 bits per heavy atom. The number of hydrogen-bond acceptors (Lipinski definition) is 6. The van der Waals surface area contributed by atoms with Crippen LogP contribution in [-0.2, 0) is 6.42 Å². The molecule has 1 aliphatic carbocycles. The topological polar surface area (TPSA) is 78.6 Å². The summed E-state index contributed by atoms with van der Waals surface area (Å²) in [4.78, 5) is 22.2. The molecule has 8 heteroatoms. The minimum absolute atomic E-state index is 0.0297. The molecule has 1 unspecified atom stereocenters. The number of nitrogens with zero attached hydrogens (tertiary/aromatic N) is 4. The fourth-order valence-corrected chi connectivity index (χ4v) is 4.11.